The molecule has 0 radical (unpaired) electrons. The standard InChI is InChI=1S/C10H8.C4H7ClO2/c1-2-6-10-8-4-3-7-9(10)5-1;1-4(6)7-3-2-5/h1-8H;2-3H2,1H3. The molecule has 0 fully saturated rings. The molecule has 0 aliphatic carbocycles. The lowest BCUT2D eigenvalue weighted by atomic mass is 10.1. The molecule has 0 N–H and O–H groups in total. The molecule has 17 heavy (non-hydrogen) atoms. The largest absolute Gasteiger partial charge is 0.465 e. The van der Waals surface area contributed by atoms with E-state index in [4.69, 9.17) is 11.6 Å². The maximum atomic E-state index is 9.92. The van der Waals surface area contributed by atoms with Crippen molar-refractivity contribution < 1.29 is 9.53 Å². The van der Waals surface area contributed by atoms with Gasteiger partial charge >= 0.3 is 5.97 Å². The normalized spacial score (nSPS) is 9.29. The lowest BCUT2D eigenvalue weighted by Crippen LogP contribution is -2.00. The first kappa shape index (κ1) is 13.5. The number of halogens is 1. The van der Waals surface area contributed by atoms with Gasteiger partial charge in [0.15, 0.2) is 0 Å². The fourth-order valence-corrected chi connectivity index (χ4v) is 1.39. The summed E-state index contributed by atoms with van der Waals surface area (Å²) in [7, 11) is 0. The van der Waals surface area contributed by atoms with Crippen LogP contribution in [0.2, 0.25) is 0 Å². The Labute approximate surface area is 106 Å². The zero-order chi connectivity index (χ0) is 12.5. The summed E-state index contributed by atoms with van der Waals surface area (Å²) in [5.41, 5.74) is 0. The van der Waals surface area contributed by atoms with Crippen LogP contribution in [0.15, 0.2) is 48.5 Å². The van der Waals surface area contributed by atoms with Crippen molar-refractivity contribution in [3.8, 4) is 0 Å². The first-order chi connectivity index (χ1) is 8.24. The number of ether oxygens (including phenoxy) is 1. The molecular formula is C14H15ClO2. The van der Waals surface area contributed by atoms with E-state index in [0.29, 0.717) is 12.5 Å². The quantitative estimate of drug-likeness (QED) is 0.601. The van der Waals surface area contributed by atoms with Crippen LogP contribution in [0.1, 0.15) is 6.92 Å². The Hall–Kier alpha value is -1.54. The van der Waals surface area contributed by atoms with E-state index >= 15 is 0 Å². The number of carbonyl (C=O) groups excluding carboxylic acids is 1. The number of alkyl halides is 1. The average molecular weight is 251 g/mol. The average Bonchev–Trinajstić information content (AvgIpc) is 2.37. The summed E-state index contributed by atoms with van der Waals surface area (Å²) in [6, 6.07) is 16.7. The number of hydrogen-bond acceptors (Lipinski definition) is 2. The molecule has 0 aliphatic rings. The van der Waals surface area contributed by atoms with Crippen molar-refractivity contribution >= 4 is 28.3 Å². The van der Waals surface area contributed by atoms with Crippen molar-refractivity contribution in [3.05, 3.63) is 48.5 Å². The van der Waals surface area contributed by atoms with Gasteiger partial charge in [-0.25, -0.2) is 0 Å². The van der Waals surface area contributed by atoms with Crippen LogP contribution in [0.25, 0.3) is 10.8 Å². The van der Waals surface area contributed by atoms with Gasteiger partial charge in [0.05, 0.1) is 5.88 Å². The molecule has 2 rings (SSSR count). The summed E-state index contributed by atoms with van der Waals surface area (Å²) in [4.78, 5) is 9.92. The number of fused-ring (bicyclic) bond motifs is 1. The monoisotopic (exact) mass is 250 g/mol. The number of hydrogen-bond donors (Lipinski definition) is 0. The summed E-state index contributed by atoms with van der Waals surface area (Å²) in [6.45, 7) is 1.67. The topological polar surface area (TPSA) is 26.3 Å². The highest BCUT2D eigenvalue weighted by atomic mass is 35.5. The van der Waals surface area contributed by atoms with E-state index in [2.05, 4.69) is 53.3 Å². The van der Waals surface area contributed by atoms with Crippen LogP contribution in [0.4, 0.5) is 0 Å². The van der Waals surface area contributed by atoms with Crippen LogP contribution in [0, 0.1) is 0 Å². The van der Waals surface area contributed by atoms with Crippen LogP contribution in [-0.2, 0) is 9.53 Å². The van der Waals surface area contributed by atoms with Crippen LogP contribution < -0.4 is 0 Å². The Morgan fingerprint density at radius 3 is 1.71 bits per heavy atom. The molecule has 2 aromatic carbocycles. The molecule has 90 valence electrons. The Balaban J connectivity index is 0.000000185. The minimum atomic E-state index is -0.277. The molecule has 0 saturated heterocycles. The van der Waals surface area contributed by atoms with E-state index in [-0.39, 0.29) is 5.97 Å². The van der Waals surface area contributed by atoms with Gasteiger partial charge in [-0.3, -0.25) is 4.79 Å². The molecule has 3 heteroatoms. The van der Waals surface area contributed by atoms with Gasteiger partial charge in [0.1, 0.15) is 6.61 Å². The molecule has 0 saturated carbocycles. The van der Waals surface area contributed by atoms with E-state index in [1.807, 2.05) is 0 Å². The Morgan fingerprint density at radius 1 is 1.06 bits per heavy atom. The van der Waals surface area contributed by atoms with E-state index in [1.54, 1.807) is 0 Å². The molecule has 2 nitrogen and oxygen atoms in total. The molecule has 0 aliphatic heterocycles. The van der Waals surface area contributed by atoms with Gasteiger partial charge in [-0.1, -0.05) is 48.5 Å². The minimum absolute atomic E-state index is 0.277. The van der Waals surface area contributed by atoms with Gasteiger partial charge in [-0.15, -0.1) is 11.6 Å². The van der Waals surface area contributed by atoms with E-state index in [1.165, 1.54) is 17.7 Å². The Kier molecular flexibility index (Phi) is 6.12. The third-order valence-electron chi connectivity index (χ3n) is 2.04. The van der Waals surface area contributed by atoms with Crippen LogP contribution in [-0.4, -0.2) is 18.5 Å². The van der Waals surface area contributed by atoms with Gasteiger partial charge in [-0.2, -0.15) is 0 Å². The molecule has 0 aromatic heterocycles. The summed E-state index contributed by atoms with van der Waals surface area (Å²) in [5.74, 6) is 0.0974. The zero-order valence-electron chi connectivity index (χ0n) is 9.73. The molecule has 0 unspecified atom stereocenters. The highest BCUT2D eigenvalue weighted by Crippen LogP contribution is 2.11. The second-order valence-corrected chi connectivity index (χ2v) is 3.75. The van der Waals surface area contributed by atoms with E-state index in [0.717, 1.165) is 0 Å². The lowest BCUT2D eigenvalue weighted by molar-refractivity contribution is -0.140. The molecule has 2 aromatic rings. The van der Waals surface area contributed by atoms with Crippen LogP contribution in [0.3, 0.4) is 0 Å². The predicted octanol–water partition coefficient (Wildman–Crippen LogP) is 3.63. The van der Waals surface area contributed by atoms with E-state index in [9.17, 15) is 4.79 Å². The highest BCUT2D eigenvalue weighted by Gasteiger charge is 1.86. The van der Waals surface area contributed by atoms with Gasteiger partial charge in [-0.05, 0) is 10.8 Å². The van der Waals surface area contributed by atoms with Crippen molar-refractivity contribution in [1.29, 1.82) is 0 Å². The van der Waals surface area contributed by atoms with Crippen LogP contribution >= 0.6 is 11.6 Å². The summed E-state index contributed by atoms with van der Waals surface area (Å²) in [6.07, 6.45) is 0. The van der Waals surface area contributed by atoms with Gasteiger partial charge in [0.25, 0.3) is 0 Å². The predicted molar refractivity (Wildman–Crippen MR) is 71.3 cm³/mol. The molecule has 0 bridgehead atoms. The first-order valence-electron chi connectivity index (χ1n) is 5.37. The summed E-state index contributed by atoms with van der Waals surface area (Å²) < 4.78 is 4.42. The highest BCUT2D eigenvalue weighted by molar-refractivity contribution is 6.18. The van der Waals surface area contributed by atoms with Crippen molar-refractivity contribution in [2.75, 3.05) is 12.5 Å². The fourth-order valence-electron chi connectivity index (χ4n) is 1.32. The fraction of sp³-hybridized carbons (Fsp3) is 0.214. The molecular weight excluding hydrogens is 236 g/mol. The second kappa shape index (κ2) is 7.69. The number of carbonyl (C=O) groups is 1. The first-order valence-corrected chi connectivity index (χ1v) is 5.90. The van der Waals surface area contributed by atoms with Crippen molar-refractivity contribution in [2.45, 2.75) is 6.92 Å². The Morgan fingerprint density at radius 2 is 1.47 bits per heavy atom. The van der Waals surface area contributed by atoms with E-state index < -0.39 is 0 Å². The van der Waals surface area contributed by atoms with Crippen molar-refractivity contribution in [2.24, 2.45) is 0 Å². The van der Waals surface area contributed by atoms with Crippen LogP contribution in [0.5, 0.6) is 0 Å². The third kappa shape index (κ3) is 5.36. The Bertz CT molecular complexity index is 403. The van der Waals surface area contributed by atoms with Gasteiger partial charge < -0.3 is 4.74 Å². The zero-order valence-corrected chi connectivity index (χ0v) is 10.5. The third-order valence-corrected chi connectivity index (χ3v) is 2.20. The summed E-state index contributed by atoms with van der Waals surface area (Å²) in [5, 5.41) is 2.62. The molecule has 0 heterocycles. The lowest BCUT2D eigenvalue weighted by Gasteiger charge is -1.92. The number of esters is 1. The maximum absolute atomic E-state index is 9.92. The van der Waals surface area contributed by atoms with Crippen molar-refractivity contribution in [1.82, 2.24) is 0 Å². The minimum Gasteiger partial charge on any atom is -0.465 e. The molecule has 0 atom stereocenters. The molecule has 0 amide bonds. The van der Waals surface area contributed by atoms with Gasteiger partial charge in [0.2, 0.25) is 0 Å². The smallest absolute Gasteiger partial charge is 0.302 e. The number of benzene rings is 2. The number of rotatable bonds is 2. The van der Waals surface area contributed by atoms with Gasteiger partial charge in [0, 0.05) is 6.92 Å². The summed E-state index contributed by atoms with van der Waals surface area (Å²) >= 11 is 5.17. The van der Waals surface area contributed by atoms with Crippen molar-refractivity contribution in [3.63, 3.8) is 0 Å². The maximum Gasteiger partial charge on any atom is 0.302 e. The SMILES string of the molecule is CC(=O)OCCCl.c1ccc2ccccc2c1. The second-order valence-electron chi connectivity index (χ2n) is 3.38. The molecule has 0 spiro atoms.